The molecule has 4 heteroatoms. The molecule has 17 heavy (non-hydrogen) atoms. The van der Waals surface area contributed by atoms with Gasteiger partial charge in [-0.2, -0.15) is 0 Å². The Balaban J connectivity index is 3.58. The normalized spacial score (nSPS) is 13.5. The van der Waals surface area contributed by atoms with Crippen LogP contribution in [-0.4, -0.2) is 29.2 Å². The first kappa shape index (κ1) is 16.8. The van der Waals surface area contributed by atoms with Gasteiger partial charge in [0.1, 0.15) is 5.60 Å². The number of unbranched alkanes of at least 4 members (excludes halogenated alkanes) is 3. The number of hydrogen-bond donors (Lipinski definition) is 0. The van der Waals surface area contributed by atoms with Crippen molar-refractivity contribution in [3.8, 4) is 0 Å². The van der Waals surface area contributed by atoms with Crippen LogP contribution in [0.25, 0.3) is 0 Å². The monoisotopic (exact) mass is 264 g/mol. The first-order valence-electron chi connectivity index (χ1n) is 6.27. The molecule has 1 unspecified atom stereocenters. The highest BCUT2D eigenvalue weighted by atomic mass is 32.2. The van der Waals surface area contributed by atoms with Crippen molar-refractivity contribution in [2.75, 3.05) is 12.4 Å². The van der Waals surface area contributed by atoms with Crippen molar-refractivity contribution >= 4 is 17.7 Å². The molecule has 0 saturated heterocycles. The van der Waals surface area contributed by atoms with Crippen LogP contribution >= 0.6 is 11.8 Å². The van der Waals surface area contributed by atoms with E-state index in [4.69, 9.17) is 4.74 Å². The largest absolute Gasteiger partial charge is 0.459 e. The highest BCUT2D eigenvalue weighted by molar-refractivity contribution is 8.00. The van der Waals surface area contributed by atoms with E-state index in [2.05, 4.69) is 0 Å². The molecule has 0 rings (SSSR count). The number of alkyl halides is 1. The Bertz CT molecular complexity index is 214. The van der Waals surface area contributed by atoms with Crippen LogP contribution in [0.2, 0.25) is 0 Å². The van der Waals surface area contributed by atoms with Crippen LogP contribution in [-0.2, 0) is 9.53 Å². The second kappa shape index (κ2) is 8.78. The average Bonchev–Trinajstić information content (AvgIpc) is 2.20. The zero-order chi connectivity index (χ0) is 13.3. The third-order valence-corrected chi connectivity index (χ3v) is 3.35. The summed E-state index contributed by atoms with van der Waals surface area (Å²) in [7, 11) is 0. The standard InChI is InChI=1S/C13H25FO2S/c1-11(12(15)16-13(2,3)4)17-10-8-6-5-7-9-14/h11H,5-10H2,1-4H3. The molecule has 102 valence electrons. The predicted molar refractivity (Wildman–Crippen MR) is 72.2 cm³/mol. The zero-order valence-corrected chi connectivity index (χ0v) is 12.2. The molecule has 2 nitrogen and oxygen atoms in total. The minimum absolute atomic E-state index is 0.115. The van der Waals surface area contributed by atoms with E-state index in [1.165, 1.54) is 0 Å². The maximum atomic E-state index is 11.8. The van der Waals surface area contributed by atoms with Gasteiger partial charge in [0.25, 0.3) is 0 Å². The maximum Gasteiger partial charge on any atom is 0.319 e. The van der Waals surface area contributed by atoms with Crippen molar-refractivity contribution in [1.29, 1.82) is 0 Å². The Morgan fingerprint density at radius 1 is 1.24 bits per heavy atom. The molecule has 0 bridgehead atoms. The zero-order valence-electron chi connectivity index (χ0n) is 11.4. The lowest BCUT2D eigenvalue weighted by Crippen LogP contribution is -2.29. The van der Waals surface area contributed by atoms with E-state index in [0.29, 0.717) is 6.42 Å². The van der Waals surface area contributed by atoms with Gasteiger partial charge < -0.3 is 4.74 Å². The third kappa shape index (κ3) is 10.6. The number of ether oxygens (including phenoxy) is 1. The molecule has 0 spiro atoms. The van der Waals surface area contributed by atoms with E-state index in [1.807, 2.05) is 27.7 Å². The summed E-state index contributed by atoms with van der Waals surface area (Å²) in [5.74, 6) is 0.790. The number of hydrogen-bond acceptors (Lipinski definition) is 3. The molecule has 0 aromatic carbocycles. The molecular formula is C13H25FO2S. The van der Waals surface area contributed by atoms with Crippen molar-refractivity contribution in [2.45, 2.75) is 64.2 Å². The third-order valence-electron chi connectivity index (χ3n) is 2.13. The molecule has 0 fully saturated rings. The van der Waals surface area contributed by atoms with E-state index >= 15 is 0 Å². The molecule has 0 aliphatic heterocycles. The first-order valence-corrected chi connectivity index (χ1v) is 7.32. The van der Waals surface area contributed by atoms with Crippen LogP contribution in [0.15, 0.2) is 0 Å². The summed E-state index contributed by atoms with van der Waals surface area (Å²) in [6, 6.07) is 0. The minimum Gasteiger partial charge on any atom is -0.459 e. The molecule has 0 aromatic heterocycles. The number of halogens is 1. The number of carbonyl (C=O) groups excluding carboxylic acids is 1. The smallest absolute Gasteiger partial charge is 0.319 e. The summed E-state index contributed by atoms with van der Waals surface area (Å²) in [5.41, 5.74) is -0.410. The molecule has 0 heterocycles. The molecule has 1 atom stereocenters. The fraction of sp³-hybridized carbons (Fsp3) is 0.923. The molecule has 0 aliphatic carbocycles. The van der Waals surface area contributed by atoms with E-state index in [0.717, 1.165) is 25.0 Å². The van der Waals surface area contributed by atoms with Crippen molar-refractivity contribution in [3.05, 3.63) is 0 Å². The fourth-order valence-electron chi connectivity index (χ4n) is 1.26. The van der Waals surface area contributed by atoms with Crippen molar-refractivity contribution in [1.82, 2.24) is 0 Å². The topological polar surface area (TPSA) is 26.3 Å². The Kier molecular flexibility index (Phi) is 8.66. The summed E-state index contributed by atoms with van der Waals surface area (Å²) in [5, 5.41) is -0.115. The number of esters is 1. The van der Waals surface area contributed by atoms with Gasteiger partial charge in [-0.05, 0) is 46.3 Å². The summed E-state index contributed by atoms with van der Waals surface area (Å²) in [6.07, 6.45) is 3.68. The Morgan fingerprint density at radius 3 is 2.35 bits per heavy atom. The van der Waals surface area contributed by atoms with Gasteiger partial charge in [-0.1, -0.05) is 12.8 Å². The van der Waals surface area contributed by atoms with Gasteiger partial charge in [-0.3, -0.25) is 9.18 Å². The molecule has 0 amide bonds. The van der Waals surface area contributed by atoms with Crippen LogP contribution in [0.4, 0.5) is 4.39 Å². The van der Waals surface area contributed by atoms with Crippen LogP contribution in [0.1, 0.15) is 53.4 Å². The van der Waals surface area contributed by atoms with Crippen molar-refractivity contribution in [3.63, 3.8) is 0 Å². The second-order valence-corrected chi connectivity index (χ2v) is 6.60. The second-order valence-electron chi connectivity index (χ2n) is 5.15. The molecule has 0 aliphatic rings. The summed E-state index contributed by atoms with van der Waals surface area (Å²) < 4.78 is 17.1. The van der Waals surface area contributed by atoms with Crippen molar-refractivity contribution in [2.24, 2.45) is 0 Å². The summed E-state index contributed by atoms with van der Waals surface area (Å²) in [6.45, 7) is 7.28. The lowest BCUT2D eigenvalue weighted by atomic mass is 10.2. The van der Waals surface area contributed by atoms with Gasteiger partial charge in [0.05, 0.1) is 11.9 Å². The summed E-state index contributed by atoms with van der Waals surface area (Å²) >= 11 is 1.61. The molecule has 0 saturated carbocycles. The van der Waals surface area contributed by atoms with E-state index in [-0.39, 0.29) is 17.9 Å². The van der Waals surface area contributed by atoms with Crippen molar-refractivity contribution < 1.29 is 13.9 Å². The Morgan fingerprint density at radius 2 is 1.82 bits per heavy atom. The maximum absolute atomic E-state index is 11.8. The minimum atomic E-state index is -0.410. The molecule has 0 radical (unpaired) electrons. The Hall–Kier alpha value is -0.250. The number of rotatable bonds is 8. The lowest BCUT2D eigenvalue weighted by molar-refractivity contribution is -0.153. The van der Waals surface area contributed by atoms with E-state index < -0.39 is 5.60 Å². The number of carbonyl (C=O) groups is 1. The highest BCUT2D eigenvalue weighted by Gasteiger charge is 2.21. The van der Waals surface area contributed by atoms with Crippen LogP contribution < -0.4 is 0 Å². The first-order chi connectivity index (χ1) is 7.87. The van der Waals surface area contributed by atoms with Crippen LogP contribution in [0, 0.1) is 0 Å². The molecule has 0 N–H and O–H groups in total. The SMILES string of the molecule is CC(SCCCCCCF)C(=O)OC(C)(C)C. The van der Waals surface area contributed by atoms with E-state index in [9.17, 15) is 9.18 Å². The number of thioether (sulfide) groups is 1. The quantitative estimate of drug-likeness (QED) is 0.490. The van der Waals surface area contributed by atoms with Gasteiger partial charge in [0, 0.05) is 0 Å². The van der Waals surface area contributed by atoms with Gasteiger partial charge in [0.2, 0.25) is 0 Å². The fourth-order valence-corrected chi connectivity index (χ4v) is 2.17. The summed E-state index contributed by atoms with van der Waals surface area (Å²) in [4.78, 5) is 11.6. The lowest BCUT2D eigenvalue weighted by Gasteiger charge is -2.22. The molecule has 0 aromatic rings. The van der Waals surface area contributed by atoms with Crippen LogP contribution in [0.5, 0.6) is 0 Å². The average molecular weight is 264 g/mol. The van der Waals surface area contributed by atoms with Crippen LogP contribution in [0.3, 0.4) is 0 Å². The molecular weight excluding hydrogens is 239 g/mol. The van der Waals surface area contributed by atoms with Gasteiger partial charge in [0.15, 0.2) is 0 Å². The predicted octanol–water partition coefficient (Wildman–Crippen LogP) is 3.98. The van der Waals surface area contributed by atoms with E-state index in [1.54, 1.807) is 11.8 Å². The van der Waals surface area contributed by atoms with Gasteiger partial charge in [-0.25, -0.2) is 0 Å². The highest BCUT2D eigenvalue weighted by Crippen LogP contribution is 2.18. The van der Waals surface area contributed by atoms with Gasteiger partial charge >= 0.3 is 5.97 Å². The van der Waals surface area contributed by atoms with Gasteiger partial charge in [-0.15, -0.1) is 11.8 Å². The Labute approximate surface area is 109 Å².